The first kappa shape index (κ1) is 13.4. The van der Waals surface area contributed by atoms with Crippen molar-refractivity contribution in [3.8, 4) is 0 Å². The number of likely N-dealkylation sites (tertiary alicyclic amines) is 1. The average molecular weight is 238 g/mol. The van der Waals surface area contributed by atoms with Crippen LogP contribution in [0.4, 0.5) is 0 Å². The lowest BCUT2D eigenvalue weighted by Crippen LogP contribution is -2.47. The SMILES string of the molecule is CCC1CCC(N)C(CN2CCCCC2C)C1. The maximum atomic E-state index is 6.33. The van der Waals surface area contributed by atoms with Crippen molar-refractivity contribution in [1.82, 2.24) is 4.90 Å². The van der Waals surface area contributed by atoms with Crippen LogP contribution >= 0.6 is 0 Å². The molecule has 100 valence electrons. The molecule has 2 N–H and O–H groups in total. The Balaban J connectivity index is 1.87. The molecule has 2 heteroatoms. The van der Waals surface area contributed by atoms with Gasteiger partial charge < -0.3 is 10.6 Å². The van der Waals surface area contributed by atoms with Crippen molar-refractivity contribution in [2.75, 3.05) is 13.1 Å². The third-order valence-corrected chi connectivity index (χ3v) is 5.14. The normalized spacial score (nSPS) is 40.4. The molecule has 17 heavy (non-hydrogen) atoms. The molecule has 0 aromatic carbocycles. The van der Waals surface area contributed by atoms with E-state index in [4.69, 9.17) is 5.73 Å². The van der Waals surface area contributed by atoms with E-state index in [1.807, 2.05) is 0 Å². The smallest absolute Gasteiger partial charge is 0.00795 e. The first-order valence-corrected chi connectivity index (χ1v) is 7.70. The number of hydrogen-bond donors (Lipinski definition) is 1. The zero-order chi connectivity index (χ0) is 12.3. The van der Waals surface area contributed by atoms with Crippen molar-refractivity contribution < 1.29 is 0 Å². The van der Waals surface area contributed by atoms with E-state index in [0.29, 0.717) is 6.04 Å². The van der Waals surface area contributed by atoms with Gasteiger partial charge in [-0.3, -0.25) is 0 Å². The minimum Gasteiger partial charge on any atom is -0.327 e. The van der Waals surface area contributed by atoms with Gasteiger partial charge in [0, 0.05) is 18.6 Å². The van der Waals surface area contributed by atoms with Crippen molar-refractivity contribution in [1.29, 1.82) is 0 Å². The molecule has 0 aromatic rings. The Morgan fingerprint density at radius 2 is 2.00 bits per heavy atom. The van der Waals surface area contributed by atoms with E-state index < -0.39 is 0 Å². The minimum absolute atomic E-state index is 0.465. The zero-order valence-corrected chi connectivity index (χ0v) is 11.7. The molecule has 1 aliphatic heterocycles. The highest BCUT2D eigenvalue weighted by Crippen LogP contribution is 2.32. The Morgan fingerprint density at radius 1 is 1.18 bits per heavy atom. The lowest BCUT2D eigenvalue weighted by atomic mass is 9.77. The third-order valence-electron chi connectivity index (χ3n) is 5.14. The van der Waals surface area contributed by atoms with Gasteiger partial charge in [-0.15, -0.1) is 0 Å². The van der Waals surface area contributed by atoms with Crippen LogP contribution < -0.4 is 5.73 Å². The first-order valence-electron chi connectivity index (χ1n) is 7.70. The molecule has 0 bridgehead atoms. The van der Waals surface area contributed by atoms with Crippen LogP contribution in [0.25, 0.3) is 0 Å². The van der Waals surface area contributed by atoms with Crippen LogP contribution in [0.5, 0.6) is 0 Å². The van der Waals surface area contributed by atoms with Crippen molar-refractivity contribution in [2.45, 2.75) is 70.9 Å². The number of nitrogens with two attached hydrogens (primary N) is 1. The second kappa shape index (κ2) is 6.19. The standard InChI is InChI=1S/C15H30N2/c1-3-13-7-8-15(16)14(10-13)11-17-9-5-4-6-12(17)2/h12-15H,3-11,16H2,1-2H3. The summed E-state index contributed by atoms with van der Waals surface area (Å²) in [6.07, 6.45) is 9.55. The van der Waals surface area contributed by atoms with E-state index in [1.54, 1.807) is 0 Å². The van der Waals surface area contributed by atoms with Gasteiger partial charge in [0.25, 0.3) is 0 Å². The summed E-state index contributed by atoms with van der Waals surface area (Å²) in [6, 6.07) is 1.25. The monoisotopic (exact) mass is 238 g/mol. The minimum atomic E-state index is 0.465. The predicted molar refractivity (Wildman–Crippen MR) is 74.0 cm³/mol. The van der Waals surface area contributed by atoms with Gasteiger partial charge in [-0.1, -0.05) is 19.8 Å². The summed E-state index contributed by atoms with van der Waals surface area (Å²) in [6.45, 7) is 7.30. The highest BCUT2D eigenvalue weighted by molar-refractivity contribution is 4.86. The Morgan fingerprint density at radius 3 is 2.71 bits per heavy atom. The Labute approximate surface area is 107 Å². The molecule has 0 radical (unpaired) electrons. The van der Waals surface area contributed by atoms with Crippen LogP contribution in [-0.4, -0.2) is 30.1 Å². The molecular formula is C15H30N2. The summed E-state index contributed by atoms with van der Waals surface area (Å²) >= 11 is 0. The summed E-state index contributed by atoms with van der Waals surface area (Å²) in [5.74, 6) is 1.70. The molecule has 1 saturated carbocycles. The molecule has 4 atom stereocenters. The Kier molecular flexibility index (Phi) is 4.87. The molecular weight excluding hydrogens is 208 g/mol. The van der Waals surface area contributed by atoms with Gasteiger partial charge in [0.05, 0.1) is 0 Å². The van der Waals surface area contributed by atoms with Crippen LogP contribution in [0.1, 0.15) is 58.8 Å². The van der Waals surface area contributed by atoms with Gasteiger partial charge in [0.2, 0.25) is 0 Å². The molecule has 2 nitrogen and oxygen atoms in total. The molecule has 0 aromatic heterocycles. The van der Waals surface area contributed by atoms with Crippen molar-refractivity contribution in [2.24, 2.45) is 17.6 Å². The van der Waals surface area contributed by atoms with Gasteiger partial charge in [-0.05, 0) is 57.4 Å². The second-order valence-corrected chi connectivity index (χ2v) is 6.35. The molecule has 0 spiro atoms. The third kappa shape index (κ3) is 3.45. The number of piperidine rings is 1. The summed E-state index contributed by atoms with van der Waals surface area (Å²) < 4.78 is 0. The van der Waals surface area contributed by atoms with Gasteiger partial charge in [0.1, 0.15) is 0 Å². The van der Waals surface area contributed by atoms with Crippen molar-refractivity contribution >= 4 is 0 Å². The first-order chi connectivity index (χ1) is 8.20. The lowest BCUT2D eigenvalue weighted by molar-refractivity contribution is 0.101. The molecule has 2 rings (SSSR count). The second-order valence-electron chi connectivity index (χ2n) is 6.35. The van der Waals surface area contributed by atoms with E-state index in [-0.39, 0.29) is 0 Å². The summed E-state index contributed by atoms with van der Waals surface area (Å²) in [5.41, 5.74) is 6.33. The molecule has 0 amide bonds. The molecule has 2 fully saturated rings. The number of nitrogens with zero attached hydrogens (tertiary/aromatic N) is 1. The van der Waals surface area contributed by atoms with Crippen LogP contribution in [0.3, 0.4) is 0 Å². The zero-order valence-electron chi connectivity index (χ0n) is 11.7. The highest BCUT2D eigenvalue weighted by Gasteiger charge is 2.30. The van der Waals surface area contributed by atoms with Gasteiger partial charge in [0.15, 0.2) is 0 Å². The maximum Gasteiger partial charge on any atom is 0.00795 e. The quantitative estimate of drug-likeness (QED) is 0.819. The summed E-state index contributed by atoms with van der Waals surface area (Å²) in [5, 5.41) is 0. The topological polar surface area (TPSA) is 29.3 Å². The van der Waals surface area contributed by atoms with Crippen LogP contribution in [0, 0.1) is 11.8 Å². The number of rotatable bonds is 3. The fraction of sp³-hybridized carbons (Fsp3) is 1.00. The molecule has 1 saturated heterocycles. The van der Waals surface area contributed by atoms with E-state index >= 15 is 0 Å². The van der Waals surface area contributed by atoms with Crippen molar-refractivity contribution in [3.63, 3.8) is 0 Å². The number of hydrogen-bond acceptors (Lipinski definition) is 2. The van der Waals surface area contributed by atoms with Crippen LogP contribution in [-0.2, 0) is 0 Å². The van der Waals surface area contributed by atoms with Crippen LogP contribution in [0.15, 0.2) is 0 Å². The van der Waals surface area contributed by atoms with E-state index in [9.17, 15) is 0 Å². The average Bonchev–Trinajstić information content (AvgIpc) is 2.35. The summed E-state index contributed by atoms with van der Waals surface area (Å²) in [4.78, 5) is 2.70. The maximum absolute atomic E-state index is 6.33. The van der Waals surface area contributed by atoms with Crippen LogP contribution in [0.2, 0.25) is 0 Å². The summed E-state index contributed by atoms with van der Waals surface area (Å²) in [7, 11) is 0. The fourth-order valence-electron chi connectivity index (χ4n) is 3.70. The van der Waals surface area contributed by atoms with E-state index in [0.717, 1.165) is 17.9 Å². The predicted octanol–water partition coefficient (Wildman–Crippen LogP) is 3.01. The highest BCUT2D eigenvalue weighted by atomic mass is 15.2. The van der Waals surface area contributed by atoms with Gasteiger partial charge in [-0.2, -0.15) is 0 Å². The van der Waals surface area contributed by atoms with E-state index in [2.05, 4.69) is 18.7 Å². The molecule has 2 aliphatic rings. The fourth-order valence-corrected chi connectivity index (χ4v) is 3.70. The molecule has 1 heterocycles. The Hall–Kier alpha value is -0.0800. The van der Waals surface area contributed by atoms with Gasteiger partial charge >= 0.3 is 0 Å². The molecule has 1 aliphatic carbocycles. The largest absolute Gasteiger partial charge is 0.327 e. The lowest BCUT2D eigenvalue weighted by Gasteiger charge is -2.40. The Bertz CT molecular complexity index is 229. The van der Waals surface area contributed by atoms with Crippen molar-refractivity contribution in [3.05, 3.63) is 0 Å². The van der Waals surface area contributed by atoms with Gasteiger partial charge in [-0.25, -0.2) is 0 Å². The molecule has 4 unspecified atom stereocenters. The van der Waals surface area contributed by atoms with E-state index in [1.165, 1.54) is 58.0 Å².